The van der Waals surface area contributed by atoms with Gasteiger partial charge in [0.15, 0.2) is 5.13 Å². The molecule has 0 unspecified atom stereocenters. The molecule has 0 aliphatic heterocycles. The van der Waals surface area contributed by atoms with Gasteiger partial charge in [0.2, 0.25) is 0 Å². The van der Waals surface area contributed by atoms with Crippen molar-refractivity contribution in [3.8, 4) is 0 Å². The zero-order valence-electron chi connectivity index (χ0n) is 9.47. The van der Waals surface area contributed by atoms with Gasteiger partial charge in [0, 0.05) is 18.7 Å². The fraction of sp³-hybridized carbons (Fsp3) is 0.200. The largest absolute Gasteiger partial charge is 0.338 e. The number of nitrogens with zero attached hydrogens (tertiary/aromatic N) is 2. The molecule has 0 fully saturated rings. The Labute approximate surface area is 106 Å². The van der Waals surface area contributed by atoms with Crippen LogP contribution in [0.5, 0.6) is 0 Å². The molecule has 7 nitrogen and oxygen atoms in total. The second-order valence-electron chi connectivity index (χ2n) is 3.41. The van der Waals surface area contributed by atoms with E-state index in [2.05, 4.69) is 15.6 Å². The van der Waals surface area contributed by atoms with E-state index in [9.17, 15) is 14.9 Å². The Kier molecular flexibility index (Phi) is 3.38. The first-order valence-corrected chi connectivity index (χ1v) is 6.01. The van der Waals surface area contributed by atoms with Gasteiger partial charge in [-0.2, -0.15) is 0 Å². The van der Waals surface area contributed by atoms with Gasteiger partial charge in [-0.05, 0) is 13.0 Å². The summed E-state index contributed by atoms with van der Waals surface area (Å²) in [7, 11) is 0. The van der Waals surface area contributed by atoms with Crippen molar-refractivity contribution in [2.75, 3.05) is 11.9 Å². The van der Waals surface area contributed by atoms with E-state index in [0.29, 0.717) is 21.9 Å². The maximum atomic E-state index is 11.3. The van der Waals surface area contributed by atoms with Gasteiger partial charge >= 0.3 is 6.03 Å². The quantitative estimate of drug-likeness (QED) is 0.658. The first-order valence-electron chi connectivity index (χ1n) is 5.20. The second-order valence-corrected chi connectivity index (χ2v) is 4.44. The highest BCUT2D eigenvalue weighted by atomic mass is 32.1. The van der Waals surface area contributed by atoms with Crippen LogP contribution in [0, 0.1) is 10.1 Å². The summed E-state index contributed by atoms with van der Waals surface area (Å²) in [5.41, 5.74) is 0.633. The number of amides is 2. The van der Waals surface area contributed by atoms with Gasteiger partial charge in [0.25, 0.3) is 5.69 Å². The molecule has 0 aliphatic carbocycles. The molecule has 94 valence electrons. The van der Waals surface area contributed by atoms with E-state index in [-0.39, 0.29) is 11.7 Å². The predicted molar refractivity (Wildman–Crippen MR) is 69.0 cm³/mol. The second kappa shape index (κ2) is 4.96. The number of thiazole rings is 1. The number of aromatic nitrogens is 1. The lowest BCUT2D eigenvalue weighted by molar-refractivity contribution is -0.384. The number of hydrogen-bond acceptors (Lipinski definition) is 5. The topological polar surface area (TPSA) is 97.2 Å². The maximum absolute atomic E-state index is 11.3. The predicted octanol–water partition coefficient (Wildman–Crippen LogP) is 2.35. The summed E-state index contributed by atoms with van der Waals surface area (Å²) < 4.78 is 0.663. The molecule has 0 saturated heterocycles. The first kappa shape index (κ1) is 12.2. The van der Waals surface area contributed by atoms with Crippen LogP contribution < -0.4 is 10.6 Å². The van der Waals surface area contributed by atoms with E-state index < -0.39 is 4.92 Å². The molecule has 0 radical (unpaired) electrons. The van der Waals surface area contributed by atoms with Crippen LogP contribution in [0.3, 0.4) is 0 Å². The molecule has 0 atom stereocenters. The summed E-state index contributed by atoms with van der Waals surface area (Å²) in [6.45, 7) is 2.32. The van der Waals surface area contributed by atoms with Gasteiger partial charge in [0.05, 0.1) is 15.1 Å². The van der Waals surface area contributed by atoms with Crippen LogP contribution in [0.2, 0.25) is 0 Å². The van der Waals surface area contributed by atoms with Crippen LogP contribution in [0.25, 0.3) is 10.2 Å². The van der Waals surface area contributed by atoms with Crippen LogP contribution in [0.4, 0.5) is 15.6 Å². The molecule has 2 rings (SSSR count). The molecule has 8 heteroatoms. The summed E-state index contributed by atoms with van der Waals surface area (Å²) in [5, 5.41) is 16.2. The molecule has 1 aromatic carbocycles. The Morgan fingerprint density at radius 3 is 3.00 bits per heavy atom. The van der Waals surface area contributed by atoms with E-state index in [4.69, 9.17) is 0 Å². The van der Waals surface area contributed by atoms with Crippen LogP contribution in [0.15, 0.2) is 18.2 Å². The lowest BCUT2D eigenvalue weighted by Crippen LogP contribution is -2.28. The lowest BCUT2D eigenvalue weighted by atomic mass is 10.3. The average Bonchev–Trinajstić information content (AvgIpc) is 2.69. The smallest absolute Gasteiger partial charge is 0.321 e. The number of anilines is 1. The maximum Gasteiger partial charge on any atom is 0.321 e. The molecule has 0 aliphatic rings. The van der Waals surface area contributed by atoms with Crippen molar-refractivity contribution in [3.05, 3.63) is 28.3 Å². The van der Waals surface area contributed by atoms with Crippen LogP contribution in [-0.2, 0) is 0 Å². The third-order valence-electron chi connectivity index (χ3n) is 2.14. The number of fused-ring (bicyclic) bond motifs is 1. The van der Waals surface area contributed by atoms with E-state index >= 15 is 0 Å². The first-order chi connectivity index (χ1) is 8.60. The highest BCUT2D eigenvalue weighted by molar-refractivity contribution is 7.22. The molecular weight excluding hydrogens is 256 g/mol. The number of carbonyl (C=O) groups is 1. The third kappa shape index (κ3) is 2.54. The minimum absolute atomic E-state index is 0.00992. The zero-order chi connectivity index (χ0) is 13.1. The SMILES string of the molecule is CCNC(=O)Nc1nc2ccc([N+](=O)[O-])cc2s1. The van der Waals surface area contributed by atoms with Crippen LogP contribution in [-0.4, -0.2) is 22.5 Å². The van der Waals surface area contributed by atoms with Crippen molar-refractivity contribution in [3.63, 3.8) is 0 Å². The average molecular weight is 266 g/mol. The van der Waals surface area contributed by atoms with E-state index in [1.54, 1.807) is 13.0 Å². The number of rotatable bonds is 3. The summed E-state index contributed by atoms with van der Waals surface area (Å²) in [5.74, 6) is 0. The number of urea groups is 1. The Bertz CT molecular complexity index is 610. The third-order valence-corrected chi connectivity index (χ3v) is 3.07. The molecule has 2 amide bonds. The van der Waals surface area contributed by atoms with Gasteiger partial charge in [0.1, 0.15) is 0 Å². The molecular formula is C10H10N4O3S. The Morgan fingerprint density at radius 2 is 2.33 bits per heavy atom. The molecule has 2 aromatic rings. The van der Waals surface area contributed by atoms with Gasteiger partial charge in [-0.25, -0.2) is 9.78 Å². The lowest BCUT2D eigenvalue weighted by Gasteiger charge is -2.00. The monoisotopic (exact) mass is 266 g/mol. The van der Waals surface area contributed by atoms with Gasteiger partial charge in [-0.3, -0.25) is 15.4 Å². The van der Waals surface area contributed by atoms with Crippen molar-refractivity contribution in [2.45, 2.75) is 6.92 Å². The minimum Gasteiger partial charge on any atom is -0.338 e. The van der Waals surface area contributed by atoms with Gasteiger partial charge in [-0.1, -0.05) is 11.3 Å². The van der Waals surface area contributed by atoms with Crippen molar-refractivity contribution in [2.24, 2.45) is 0 Å². The van der Waals surface area contributed by atoms with E-state index in [0.717, 1.165) is 0 Å². The van der Waals surface area contributed by atoms with Gasteiger partial charge < -0.3 is 5.32 Å². The van der Waals surface area contributed by atoms with Crippen molar-refractivity contribution in [1.82, 2.24) is 10.3 Å². The molecule has 18 heavy (non-hydrogen) atoms. The summed E-state index contributed by atoms with van der Waals surface area (Å²) in [4.78, 5) is 25.6. The number of nitro groups is 1. The standard InChI is InChI=1S/C10H10N4O3S/c1-2-11-9(15)13-10-12-7-4-3-6(14(16)17)5-8(7)18-10/h3-5H,2H2,1H3,(H2,11,12,13,15). The Morgan fingerprint density at radius 1 is 1.56 bits per heavy atom. The summed E-state index contributed by atoms with van der Waals surface area (Å²) in [6, 6.07) is 4.05. The number of carbonyl (C=O) groups excluding carboxylic acids is 1. The number of non-ortho nitro benzene ring substituents is 1. The van der Waals surface area contributed by atoms with Crippen molar-refractivity contribution >= 4 is 38.4 Å². The molecule has 1 aromatic heterocycles. The number of nitro benzene ring substituents is 1. The van der Waals surface area contributed by atoms with Gasteiger partial charge in [-0.15, -0.1) is 0 Å². The minimum atomic E-state index is -0.462. The normalized spacial score (nSPS) is 10.3. The molecule has 2 N–H and O–H groups in total. The highest BCUT2D eigenvalue weighted by Gasteiger charge is 2.11. The Balaban J connectivity index is 2.27. The molecule has 0 bridgehead atoms. The fourth-order valence-corrected chi connectivity index (χ4v) is 2.28. The van der Waals surface area contributed by atoms with E-state index in [1.807, 2.05) is 0 Å². The molecule has 0 saturated carbocycles. The van der Waals surface area contributed by atoms with Crippen LogP contribution >= 0.6 is 11.3 Å². The van der Waals surface area contributed by atoms with Crippen molar-refractivity contribution in [1.29, 1.82) is 0 Å². The number of benzene rings is 1. The molecule has 1 heterocycles. The zero-order valence-corrected chi connectivity index (χ0v) is 10.3. The highest BCUT2D eigenvalue weighted by Crippen LogP contribution is 2.28. The summed E-state index contributed by atoms with van der Waals surface area (Å²) in [6.07, 6.45) is 0. The number of nitrogens with one attached hydrogen (secondary N) is 2. The van der Waals surface area contributed by atoms with Crippen molar-refractivity contribution < 1.29 is 9.72 Å². The van der Waals surface area contributed by atoms with Crippen LogP contribution in [0.1, 0.15) is 6.92 Å². The Hall–Kier alpha value is -2.22. The summed E-state index contributed by atoms with van der Waals surface area (Å²) >= 11 is 1.20. The molecule has 0 spiro atoms. The number of hydrogen-bond donors (Lipinski definition) is 2. The fourth-order valence-electron chi connectivity index (χ4n) is 1.38. The van der Waals surface area contributed by atoms with E-state index in [1.165, 1.54) is 23.5 Å².